The normalized spacial score (nSPS) is 26.3. The molecule has 15 heteroatoms. The second kappa shape index (κ2) is 9.33. The highest BCUT2D eigenvalue weighted by Gasteiger charge is 2.76. The van der Waals surface area contributed by atoms with Crippen molar-refractivity contribution in [2.75, 3.05) is 13.1 Å². The van der Waals surface area contributed by atoms with Crippen LogP contribution in [0.25, 0.3) is 0 Å². The maximum atomic E-state index is 14.2. The van der Waals surface area contributed by atoms with Gasteiger partial charge in [-0.3, -0.25) is 14.8 Å². The average Bonchev–Trinajstić information content (AvgIpc) is 3.20. The van der Waals surface area contributed by atoms with Crippen LogP contribution in [-0.2, 0) is 21.0 Å². The van der Waals surface area contributed by atoms with Crippen LogP contribution in [0.4, 0.5) is 26.3 Å². The van der Waals surface area contributed by atoms with Crippen LogP contribution < -0.4 is 10.6 Å². The van der Waals surface area contributed by atoms with Gasteiger partial charge in [-0.1, -0.05) is 6.07 Å². The molecule has 3 aliphatic rings. The smallest absolute Gasteiger partial charge is 0.349 e. The number of nitrogens with zero attached hydrogens (tertiary/aromatic N) is 3. The summed E-state index contributed by atoms with van der Waals surface area (Å²) in [6.07, 6.45) is -1.68. The van der Waals surface area contributed by atoms with Crippen LogP contribution in [0.3, 0.4) is 0 Å². The van der Waals surface area contributed by atoms with E-state index in [9.17, 15) is 39.6 Å². The van der Waals surface area contributed by atoms with E-state index in [4.69, 9.17) is 0 Å². The number of hydrogen-bond donors (Lipinski definition) is 2. The highest BCUT2D eigenvalue weighted by Crippen LogP contribution is 2.66. The van der Waals surface area contributed by atoms with Crippen molar-refractivity contribution < 1.29 is 39.6 Å². The summed E-state index contributed by atoms with van der Waals surface area (Å²) in [5.41, 5.74) is -1.97. The fourth-order valence-corrected chi connectivity index (χ4v) is 6.43. The molecule has 0 bridgehead atoms. The Morgan fingerprint density at radius 2 is 1.85 bits per heavy atom. The fraction of sp³-hybridized carbons (Fsp3) is 0.375. The number of rotatable bonds is 6. The molecule has 5 rings (SSSR count). The quantitative estimate of drug-likeness (QED) is 0.516. The number of aliphatic imine (C=N–C) groups is 1. The lowest BCUT2D eigenvalue weighted by Gasteiger charge is -2.24. The lowest BCUT2D eigenvalue weighted by Crippen LogP contribution is -2.46. The number of aromatic nitrogens is 1. The molecule has 208 valence electrons. The van der Waals surface area contributed by atoms with E-state index in [0.29, 0.717) is 11.3 Å². The van der Waals surface area contributed by atoms with Crippen molar-refractivity contribution >= 4 is 22.3 Å². The first-order valence-corrected chi connectivity index (χ1v) is 13.1. The number of amides is 1. The van der Waals surface area contributed by atoms with Gasteiger partial charge in [0, 0.05) is 24.9 Å². The standard InChI is InChI=1S/C24H21F6N5O3S/c25-15-2-4-17(5-3-15)39(37,38)35-12-22(11-23(22,26)27)8-19(35)21(36)32-10-16-7-18(34-13-33-16)14-1-6-20(31-9-14)24(28,29)30/h1-7,9,13,18-19H,8,10-12H2,(H,32,36)(H,33,34). The summed E-state index contributed by atoms with van der Waals surface area (Å²) < 4.78 is 107. The van der Waals surface area contributed by atoms with Crippen molar-refractivity contribution in [3.8, 4) is 0 Å². The van der Waals surface area contributed by atoms with Crippen molar-refractivity contribution in [1.29, 1.82) is 0 Å². The zero-order valence-corrected chi connectivity index (χ0v) is 20.7. The Balaban J connectivity index is 1.31. The van der Waals surface area contributed by atoms with Gasteiger partial charge in [-0.05, 0) is 48.4 Å². The van der Waals surface area contributed by atoms with Gasteiger partial charge < -0.3 is 10.6 Å². The first kappa shape index (κ1) is 27.1. The zero-order chi connectivity index (χ0) is 28.2. The minimum atomic E-state index is -4.59. The van der Waals surface area contributed by atoms with Crippen LogP contribution in [-0.4, -0.2) is 55.0 Å². The molecule has 3 atom stereocenters. The lowest BCUT2D eigenvalue weighted by molar-refractivity contribution is -0.141. The fourth-order valence-electron chi connectivity index (χ4n) is 4.76. The van der Waals surface area contributed by atoms with Gasteiger partial charge in [-0.15, -0.1) is 0 Å². The Hall–Kier alpha value is -3.46. The molecular weight excluding hydrogens is 552 g/mol. The second-order valence-corrected chi connectivity index (χ2v) is 11.5. The molecule has 8 nitrogen and oxygen atoms in total. The third-order valence-corrected chi connectivity index (χ3v) is 8.91. The molecule has 1 saturated carbocycles. The SMILES string of the molecule is O=C(NCC1=CC(c2ccc(C(F)(F)F)nc2)N=CN1)C1CC2(CN1S(=O)(=O)c1ccc(F)cc1)CC2(F)F. The van der Waals surface area contributed by atoms with E-state index in [1.54, 1.807) is 0 Å². The van der Waals surface area contributed by atoms with Crippen molar-refractivity contribution in [3.05, 3.63) is 71.4 Å². The largest absolute Gasteiger partial charge is 0.433 e. The first-order valence-electron chi connectivity index (χ1n) is 11.7. The van der Waals surface area contributed by atoms with E-state index >= 15 is 0 Å². The van der Waals surface area contributed by atoms with Crippen molar-refractivity contribution in [1.82, 2.24) is 19.9 Å². The topological polar surface area (TPSA) is 104 Å². The van der Waals surface area contributed by atoms with E-state index in [-0.39, 0.29) is 17.9 Å². The molecular formula is C24H21F6N5O3S. The summed E-state index contributed by atoms with van der Waals surface area (Å²) in [6, 6.07) is 3.76. The van der Waals surface area contributed by atoms with Gasteiger partial charge in [0.05, 0.1) is 29.2 Å². The Bertz CT molecular complexity index is 1440. The molecule has 2 fully saturated rings. The first-order chi connectivity index (χ1) is 18.2. The number of sulfonamides is 1. The minimum Gasteiger partial charge on any atom is -0.349 e. The molecule has 39 heavy (non-hydrogen) atoms. The Kier molecular flexibility index (Phi) is 6.49. The molecule has 2 aliphatic heterocycles. The number of nitrogens with one attached hydrogen (secondary N) is 2. The predicted molar refractivity (Wildman–Crippen MR) is 125 cm³/mol. The van der Waals surface area contributed by atoms with Crippen LogP contribution in [0.2, 0.25) is 0 Å². The minimum absolute atomic E-state index is 0.167. The number of carbonyl (C=O) groups is 1. The molecule has 3 unspecified atom stereocenters. The van der Waals surface area contributed by atoms with Crippen LogP contribution in [0.1, 0.15) is 30.1 Å². The van der Waals surface area contributed by atoms with E-state index in [1.165, 1.54) is 18.5 Å². The van der Waals surface area contributed by atoms with Gasteiger partial charge in [0.15, 0.2) is 0 Å². The molecule has 2 aromatic rings. The van der Waals surface area contributed by atoms with Gasteiger partial charge in [0.1, 0.15) is 17.6 Å². The molecule has 1 saturated heterocycles. The Morgan fingerprint density at radius 1 is 1.15 bits per heavy atom. The van der Waals surface area contributed by atoms with E-state index in [0.717, 1.165) is 40.8 Å². The Morgan fingerprint density at radius 3 is 2.44 bits per heavy atom. The van der Waals surface area contributed by atoms with Gasteiger partial charge in [0.25, 0.3) is 5.92 Å². The molecule has 1 aliphatic carbocycles. The number of benzene rings is 1. The molecule has 1 spiro atoms. The highest BCUT2D eigenvalue weighted by molar-refractivity contribution is 7.89. The summed E-state index contributed by atoms with van der Waals surface area (Å²) in [4.78, 5) is 20.3. The van der Waals surface area contributed by atoms with Gasteiger partial charge in [-0.25, -0.2) is 21.6 Å². The van der Waals surface area contributed by atoms with Gasteiger partial charge in [0.2, 0.25) is 15.9 Å². The summed E-state index contributed by atoms with van der Waals surface area (Å²) >= 11 is 0. The zero-order valence-electron chi connectivity index (χ0n) is 19.9. The van der Waals surface area contributed by atoms with Crippen LogP contribution in [0, 0.1) is 11.2 Å². The van der Waals surface area contributed by atoms with Crippen molar-refractivity contribution in [2.24, 2.45) is 10.4 Å². The molecule has 1 aromatic heterocycles. The van der Waals surface area contributed by atoms with Crippen LogP contribution >= 0.6 is 0 Å². The third-order valence-electron chi connectivity index (χ3n) is 7.04. The monoisotopic (exact) mass is 573 g/mol. The van der Waals surface area contributed by atoms with Crippen LogP contribution in [0.15, 0.2) is 64.3 Å². The summed E-state index contributed by atoms with van der Waals surface area (Å²) in [6.45, 7) is -0.728. The molecule has 3 heterocycles. The average molecular weight is 574 g/mol. The maximum Gasteiger partial charge on any atom is 0.433 e. The van der Waals surface area contributed by atoms with Crippen molar-refractivity contribution in [3.63, 3.8) is 0 Å². The predicted octanol–water partition coefficient (Wildman–Crippen LogP) is 3.40. The summed E-state index contributed by atoms with van der Waals surface area (Å²) in [5.74, 6) is -4.61. The lowest BCUT2D eigenvalue weighted by atomic mass is 10.0. The molecule has 1 amide bonds. The van der Waals surface area contributed by atoms with E-state index < -0.39 is 70.0 Å². The number of pyridine rings is 1. The van der Waals surface area contributed by atoms with E-state index in [1.807, 2.05) is 0 Å². The van der Waals surface area contributed by atoms with Crippen molar-refractivity contribution in [2.45, 2.75) is 41.9 Å². The number of hydrogen-bond acceptors (Lipinski definition) is 6. The van der Waals surface area contributed by atoms with Gasteiger partial charge >= 0.3 is 6.18 Å². The van der Waals surface area contributed by atoms with Gasteiger partial charge in [-0.2, -0.15) is 17.5 Å². The molecule has 1 aromatic carbocycles. The third kappa shape index (κ3) is 5.12. The number of carbonyl (C=O) groups excluding carboxylic acids is 1. The van der Waals surface area contributed by atoms with Crippen LogP contribution in [0.5, 0.6) is 0 Å². The number of alkyl halides is 5. The Labute approximate surface area is 218 Å². The summed E-state index contributed by atoms with van der Waals surface area (Å²) in [5, 5.41) is 5.33. The summed E-state index contributed by atoms with van der Waals surface area (Å²) in [7, 11) is -4.40. The number of halogens is 6. The second-order valence-electron chi connectivity index (χ2n) is 9.64. The van der Waals surface area contributed by atoms with E-state index in [2.05, 4.69) is 20.6 Å². The molecule has 2 N–H and O–H groups in total. The molecule has 0 radical (unpaired) electrons. The highest BCUT2D eigenvalue weighted by atomic mass is 32.2. The maximum absolute atomic E-state index is 14.2.